The normalized spacial score (nSPS) is 8.40. The van der Waals surface area contributed by atoms with Gasteiger partial charge >= 0.3 is 0 Å². The maximum atomic E-state index is 3.48. The first-order valence-corrected chi connectivity index (χ1v) is 1.63. The second-order valence-electron chi connectivity index (χ2n) is 0.813. The molecule has 0 spiro atoms. The molecule has 0 bridgehead atoms. The molecular weight excluding hydrogens is 60.1 g/mol. The van der Waals surface area contributed by atoms with E-state index < -0.39 is 0 Å². The Morgan fingerprint density at radius 2 is 1.60 bits per heavy atom. The summed E-state index contributed by atoms with van der Waals surface area (Å²) < 4.78 is 0. The molecule has 0 heteroatoms. The summed E-state index contributed by atoms with van der Waals surface area (Å²) in [5, 5.41) is 0. The Labute approximate surface area is 34.2 Å². The van der Waals surface area contributed by atoms with Crippen LogP contribution in [0.15, 0.2) is 0 Å². The third-order valence-corrected chi connectivity index (χ3v) is 0.333. The lowest BCUT2D eigenvalue weighted by atomic mass is 10.3. The molecule has 28 valence electrons. The molecule has 0 saturated carbocycles. The predicted molar refractivity (Wildman–Crippen MR) is 23.9 cm³/mol. The largest absolute Gasteiger partial charge is 0.0499 e. The van der Waals surface area contributed by atoms with Crippen LogP contribution < -0.4 is 0 Å². The molecule has 0 nitrogen and oxygen atoms in total. The average Bonchev–Trinajstić information content (AvgIpc) is 1.41. The van der Waals surface area contributed by atoms with Gasteiger partial charge in [-0.05, 0) is 33.1 Å². The van der Waals surface area contributed by atoms with Gasteiger partial charge in [-0.3, -0.25) is 0 Å². The van der Waals surface area contributed by atoms with Crippen molar-refractivity contribution in [2.24, 2.45) is 0 Å². The van der Waals surface area contributed by atoms with Crippen molar-refractivity contribution in [2.45, 2.75) is 6.42 Å². The molecule has 0 aliphatic carbocycles. The maximum Gasteiger partial charge on any atom is -0.0383 e. The van der Waals surface area contributed by atoms with Crippen molar-refractivity contribution in [3.05, 3.63) is 26.7 Å². The minimum absolute atomic E-state index is 0.917. The van der Waals surface area contributed by atoms with Crippen LogP contribution in [0.1, 0.15) is 6.42 Å². The Morgan fingerprint density at radius 3 is 1.60 bits per heavy atom. The van der Waals surface area contributed by atoms with Gasteiger partial charge in [-0.25, -0.2) is 0 Å². The summed E-state index contributed by atoms with van der Waals surface area (Å²) in [6.07, 6.45) is 4.54. The number of unbranched alkanes of at least 4 members (excludes halogenated alkanes) is 2. The van der Waals surface area contributed by atoms with Gasteiger partial charge in [-0.2, -0.15) is 0 Å². The molecular formula is C5H8. The zero-order valence-corrected chi connectivity index (χ0v) is 3.28. The smallest absolute Gasteiger partial charge is 0.0383 e. The van der Waals surface area contributed by atoms with E-state index in [0.29, 0.717) is 0 Å². The Bertz CT molecular complexity index is 7.51. The quantitative estimate of drug-likeness (QED) is 0.459. The van der Waals surface area contributed by atoms with Crippen LogP contribution in [0.2, 0.25) is 0 Å². The summed E-state index contributed by atoms with van der Waals surface area (Å²) in [5.74, 6) is 0. The third kappa shape index (κ3) is 4.00. The van der Waals surface area contributed by atoms with Crippen LogP contribution in [-0.4, -0.2) is 0 Å². The monoisotopic (exact) mass is 68.1 g/mol. The van der Waals surface area contributed by atoms with Gasteiger partial charge in [0, 0.05) is 0 Å². The summed E-state index contributed by atoms with van der Waals surface area (Å²) >= 11 is 0. The van der Waals surface area contributed by atoms with Crippen LogP contribution in [0.4, 0.5) is 0 Å². The van der Waals surface area contributed by atoms with Gasteiger partial charge in [-0.15, -0.1) is 0 Å². The fraction of sp³-hybridized carbons (Fsp3) is 0.200. The van der Waals surface area contributed by atoms with Gasteiger partial charge in [0.05, 0.1) is 0 Å². The molecule has 0 heterocycles. The fourth-order valence-corrected chi connectivity index (χ4v) is 0.118. The van der Waals surface area contributed by atoms with Crippen LogP contribution in [0.3, 0.4) is 0 Å². The van der Waals surface area contributed by atoms with Crippen LogP contribution in [0.25, 0.3) is 0 Å². The summed E-state index contributed by atoms with van der Waals surface area (Å²) in [6, 6.07) is 0. The standard InChI is InChI=1S/C5H8/c1-3-5-4-2/h3-4H,1-2,5H2. The van der Waals surface area contributed by atoms with E-state index in [1.807, 2.05) is 12.8 Å². The second-order valence-corrected chi connectivity index (χ2v) is 0.813. The summed E-state index contributed by atoms with van der Waals surface area (Å²) in [5.41, 5.74) is 0. The summed E-state index contributed by atoms with van der Waals surface area (Å²) in [7, 11) is 0. The van der Waals surface area contributed by atoms with Crippen molar-refractivity contribution in [3.8, 4) is 0 Å². The van der Waals surface area contributed by atoms with Crippen molar-refractivity contribution in [1.29, 1.82) is 0 Å². The third-order valence-electron chi connectivity index (χ3n) is 0.333. The predicted octanol–water partition coefficient (Wildman–Crippen LogP) is 1.45. The van der Waals surface area contributed by atoms with E-state index in [4.69, 9.17) is 0 Å². The topological polar surface area (TPSA) is 0 Å². The van der Waals surface area contributed by atoms with Gasteiger partial charge < -0.3 is 0 Å². The Kier molecular flexibility index (Phi) is 4.00. The van der Waals surface area contributed by atoms with Gasteiger partial charge in [-0.1, -0.05) is 0 Å². The van der Waals surface area contributed by atoms with Gasteiger partial charge in [0.2, 0.25) is 0 Å². The summed E-state index contributed by atoms with van der Waals surface area (Å²) in [4.78, 5) is 0. The van der Waals surface area contributed by atoms with E-state index in [0.717, 1.165) is 6.42 Å². The highest BCUT2D eigenvalue weighted by molar-refractivity contribution is 4.78. The van der Waals surface area contributed by atoms with E-state index in [-0.39, 0.29) is 0 Å². The average molecular weight is 68.1 g/mol. The fourth-order valence-electron chi connectivity index (χ4n) is 0.118. The van der Waals surface area contributed by atoms with Crippen LogP contribution >= 0.6 is 0 Å². The van der Waals surface area contributed by atoms with E-state index in [2.05, 4.69) is 13.8 Å². The minimum atomic E-state index is 0.917. The van der Waals surface area contributed by atoms with Crippen molar-refractivity contribution in [2.75, 3.05) is 0 Å². The lowest BCUT2D eigenvalue weighted by Gasteiger charge is -1.77. The van der Waals surface area contributed by atoms with Gasteiger partial charge in [0.25, 0.3) is 0 Å². The first kappa shape index (κ1) is 5.00. The molecule has 0 atom stereocenters. The van der Waals surface area contributed by atoms with Crippen molar-refractivity contribution < 1.29 is 0 Å². The zero-order valence-electron chi connectivity index (χ0n) is 3.28. The lowest BCUT2D eigenvalue weighted by Crippen LogP contribution is -1.63. The van der Waals surface area contributed by atoms with E-state index in [9.17, 15) is 0 Å². The molecule has 0 saturated heterocycles. The van der Waals surface area contributed by atoms with Crippen LogP contribution in [0.5, 0.6) is 0 Å². The molecule has 0 amide bonds. The SMILES string of the molecule is [CH2][CH]C[CH][CH2]. The number of rotatable bonds is 2. The molecule has 0 fully saturated rings. The van der Waals surface area contributed by atoms with Crippen LogP contribution in [0, 0.1) is 26.7 Å². The van der Waals surface area contributed by atoms with Crippen molar-refractivity contribution >= 4 is 0 Å². The highest BCUT2D eigenvalue weighted by Crippen LogP contribution is 1.84. The van der Waals surface area contributed by atoms with Crippen molar-refractivity contribution in [1.82, 2.24) is 0 Å². The van der Waals surface area contributed by atoms with Gasteiger partial charge in [0.1, 0.15) is 0 Å². The van der Waals surface area contributed by atoms with E-state index in [1.54, 1.807) is 0 Å². The number of hydrogen-bond donors (Lipinski definition) is 0. The van der Waals surface area contributed by atoms with Crippen LogP contribution in [-0.2, 0) is 0 Å². The first-order valence-electron chi connectivity index (χ1n) is 1.63. The Balaban J connectivity index is 2.19. The maximum absolute atomic E-state index is 3.48. The highest BCUT2D eigenvalue weighted by Gasteiger charge is 1.69. The molecule has 0 unspecified atom stereocenters. The molecule has 0 aromatic heterocycles. The zero-order chi connectivity index (χ0) is 4.12. The van der Waals surface area contributed by atoms with E-state index >= 15 is 0 Å². The molecule has 4 radical (unpaired) electrons. The molecule has 0 rings (SSSR count). The van der Waals surface area contributed by atoms with Crippen molar-refractivity contribution in [3.63, 3.8) is 0 Å². The van der Waals surface area contributed by atoms with Gasteiger partial charge in [0.15, 0.2) is 0 Å². The molecule has 0 aliphatic rings. The molecule has 0 N–H and O–H groups in total. The Morgan fingerprint density at radius 1 is 1.20 bits per heavy atom. The molecule has 5 heavy (non-hydrogen) atoms. The Hall–Kier alpha value is 0. The minimum Gasteiger partial charge on any atom is -0.0499 e. The first-order chi connectivity index (χ1) is 2.41. The summed E-state index contributed by atoms with van der Waals surface area (Å²) in [6.45, 7) is 6.96. The highest BCUT2D eigenvalue weighted by atomic mass is 13.7. The van der Waals surface area contributed by atoms with E-state index in [1.165, 1.54) is 0 Å². The molecule has 0 aromatic carbocycles. The number of hydrogen-bond acceptors (Lipinski definition) is 0. The molecule has 0 aromatic rings. The molecule has 0 aliphatic heterocycles. The second kappa shape index (κ2) is 4.00. The lowest BCUT2D eigenvalue weighted by molar-refractivity contribution is 1.21.